The summed E-state index contributed by atoms with van der Waals surface area (Å²) < 4.78 is 16.8. The molecule has 0 rings (SSSR count). The Morgan fingerprint density at radius 1 is 0.263 bits per heavy atom. The first kappa shape index (κ1) is 76.3. The van der Waals surface area contributed by atoms with Gasteiger partial charge in [0.2, 0.25) is 0 Å². The predicted octanol–water partition coefficient (Wildman–Crippen LogP) is 23.6. The highest BCUT2D eigenvalue weighted by atomic mass is 16.6. The van der Waals surface area contributed by atoms with Crippen molar-refractivity contribution in [1.82, 2.24) is 0 Å². The summed E-state index contributed by atoms with van der Waals surface area (Å²) in [5.41, 5.74) is 0. The molecule has 80 heavy (non-hydrogen) atoms. The summed E-state index contributed by atoms with van der Waals surface area (Å²) in [5, 5.41) is 0. The van der Waals surface area contributed by atoms with Crippen LogP contribution in [0, 0.1) is 0 Å². The van der Waals surface area contributed by atoms with Gasteiger partial charge in [0.1, 0.15) is 13.2 Å². The van der Waals surface area contributed by atoms with Crippen LogP contribution in [0.25, 0.3) is 0 Å². The number of hydrogen-bond donors (Lipinski definition) is 0. The Balaban J connectivity index is 4.02. The second-order valence-electron chi connectivity index (χ2n) is 22.7. The fraction of sp³-hybridized carbons (Fsp3) is 0.743. The van der Waals surface area contributed by atoms with Crippen molar-refractivity contribution in [3.63, 3.8) is 0 Å². The molecule has 0 aromatic heterocycles. The highest BCUT2D eigenvalue weighted by molar-refractivity contribution is 5.71. The molecule has 0 saturated heterocycles. The number of allylic oxidation sites excluding steroid dienone is 16. The average molecular weight is 1110 g/mol. The third-order valence-corrected chi connectivity index (χ3v) is 14.8. The quantitative estimate of drug-likeness (QED) is 0.0261. The molecule has 0 N–H and O–H groups in total. The summed E-state index contributed by atoms with van der Waals surface area (Å²) in [4.78, 5) is 38.1. The van der Waals surface area contributed by atoms with Gasteiger partial charge in [-0.25, -0.2) is 0 Å². The topological polar surface area (TPSA) is 78.9 Å². The lowest BCUT2D eigenvalue weighted by Gasteiger charge is -2.18. The number of hydrogen-bond acceptors (Lipinski definition) is 6. The lowest BCUT2D eigenvalue weighted by Crippen LogP contribution is -2.30. The van der Waals surface area contributed by atoms with Crippen LogP contribution < -0.4 is 0 Å². The van der Waals surface area contributed by atoms with Crippen molar-refractivity contribution in [2.75, 3.05) is 13.2 Å². The first-order valence-corrected chi connectivity index (χ1v) is 34.2. The summed E-state index contributed by atoms with van der Waals surface area (Å²) in [6.07, 6.45) is 91.8. The molecule has 0 fully saturated rings. The minimum Gasteiger partial charge on any atom is -0.462 e. The van der Waals surface area contributed by atoms with Crippen LogP contribution in [0.3, 0.4) is 0 Å². The van der Waals surface area contributed by atoms with Gasteiger partial charge in [-0.3, -0.25) is 14.4 Å². The Bertz CT molecular complexity index is 1560. The first-order chi connectivity index (χ1) is 39.5. The Morgan fingerprint density at radius 2 is 0.487 bits per heavy atom. The SMILES string of the molecule is CC/C=C\C/C=C\C/C=C\C/C=C\C/C=C\C/C=C\C/C=C\CCCCCCCCCCCCCCCC(=O)OCC(COC(=O)CCCCCCCC)OC(=O)CCCCCCCCCCC/C=C\CCCCCCCCCC. The fourth-order valence-corrected chi connectivity index (χ4v) is 9.71. The molecule has 0 amide bonds. The average Bonchev–Trinajstić information content (AvgIpc) is 3.46. The Labute approximate surface area is 496 Å². The minimum atomic E-state index is -0.775. The van der Waals surface area contributed by atoms with Crippen LogP contribution in [0.2, 0.25) is 0 Å². The van der Waals surface area contributed by atoms with E-state index in [1.807, 2.05) is 0 Å². The smallest absolute Gasteiger partial charge is 0.306 e. The molecule has 1 unspecified atom stereocenters. The van der Waals surface area contributed by atoms with Gasteiger partial charge in [0.15, 0.2) is 6.10 Å². The lowest BCUT2D eigenvalue weighted by atomic mass is 10.0. The van der Waals surface area contributed by atoms with E-state index in [1.165, 1.54) is 193 Å². The van der Waals surface area contributed by atoms with Gasteiger partial charge < -0.3 is 14.2 Å². The Kier molecular flexibility index (Phi) is 64.7. The van der Waals surface area contributed by atoms with E-state index in [9.17, 15) is 14.4 Å². The monoisotopic (exact) mass is 1110 g/mol. The molecule has 0 aliphatic heterocycles. The van der Waals surface area contributed by atoms with Crippen molar-refractivity contribution < 1.29 is 28.6 Å². The number of esters is 3. The molecule has 6 nitrogen and oxygen atoms in total. The normalized spacial score (nSPS) is 12.7. The zero-order valence-corrected chi connectivity index (χ0v) is 52.8. The van der Waals surface area contributed by atoms with E-state index in [-0.39, 0.29) is 31.1 Å². The largest absolute Gasteiger partial charge is 0.462 e. The van der Waals surface area contributed by atoms with Crippen molar-refractivity contribution in [1.29, 1.82) is 0 Å². The molecule has 1 atom stereocenters. The summed E-state index contributed by atoms with van der Waals surface area (Å²) in [7, 11) is 0. The van der Waals surface area contributed by atoms with Gasteiger partial charge in [-0.1, -0.05) is 311 Å². The van der Waals surface area contributed by atoms with Gasteiger partial charge in [-0.15, -0.1) is 0 Å². The lowest BCUT2D eigenvalue weighted by molar-refractivity contribution is -0.167. The highest BCUT2D eigenvalue weighted by Gasteiger charge is 2.19. The summed E-state index contributed by atoms with van der Waals surface area (Å²) in [6, 6.07) is 0. The maximum Gasteiger partial charge on any atom is 0.306 e. The molecule has 0 spiro atoms. The van der Waals surface area contributed by atoms with Crippen LogP contribution in [0.15, 0.2) is 97.2 Å². The summed E-state index contributed by atoms with van der Waals surface area (Å²) in [6.45, 7) is 6.50. The molecule has 0 aliphatic carbocycles. The third kappa shape index (κ3) is 65.1. The number of carbonyl (C=O) groups excluding carboxylic acids is 3. The summed E-state index contributed by atoms with van der Waals surface area (Å²) in [5.74, 6) is -0.875. The zero-order chi connectivity index (χ0) is 57.8. The van der Waals surface area contributed by atoms with E-state index in [4.69, 9.17) is 14.2 Å². The van der Waals surface area contributed by atoms with Crippen LogP contribution in [-0.2, 0) is 28.6 Å². The highest BCUT2D eigenvalue weighted by Crippen LogP contribution is 2.17. The molecule has 0 heterocycles. The van der Waals surface area contributed by atoms with Crippen molar-refractivity contribution in [3.05, 3.63) is 97.2 Å². The maximum atomic E-state index is 12.9. The van der Waals surface area contributed by atoms with Crippen molar-refractivity contribution in [3.8, 4) is 0 Å². The minimum absolute atomic E-state index is 0.0750. The van der Waals surface area contributed by atoms with Crippen molar-refractivity contribution >= 4 is 17.9 Å². The van der Waals surface area contributed by atoms with Gasteiger partial charge in [0, 0.05) is 19.3 Å². The predicted molar refractivity (Wildman–Crippen MR) is 348 cm³/mol. The van der Waals surface area contributed by atoms with Crippen LogP contribution in [0.4, 0.5) is 0 Å². The van der Waals surface area contributed by atoms with E-state index < -0.39 is 6.10 Å². The van der Waals surface area contributed by atoms with E-state index >= 15 is 0 Å². The molecule has 0 aliphatic rings. The van der Waals surface area contributed by atoms with Crippen molar-refractivity contribution in [2.24, 2.45) is 0 Å². The van der Waals surface area contributed by atoms with Crippen LogP contribution >= 0.6 is 0 Å². The van der Waals surface area contributed by atoms with Crippen LogP contribution in [-0.4, -0.2) is 37.2 Å². The van der Waals surface area contributed by atoms with E-state index in [0.29, 0.717) is 19.3 Å². The van der Waals surface area contributed by atoms with Crippen LogP contribution in [0.1, 0.15) is 335 Å². The molecule has 0 radical (unpaired) electrons. The standard InChI is InChI=1S/C74H128O6/c1-4-7-10-13-16-18-20-22-24-26-28-30-31-32-33-34-35-36-37-38-39-40-41-42-43-45-46-48-50-52-54-56-58-61-64-67-73(76)79-70-71(69-78-72(75)66-63-60-15-12-9-6-3)80-74(77)68-65-62-59-57-55-53-51-49-47-44-29-27-25-23-21-19-17-14-11-8-5-2/h7,10,16,18,22,24,27-30,32-33,35-36,38-39,71H,4-6,8-9,11-15,17,19-21,23,25-26,31,34,37,40-70H2,1-3H3/b10-7-,18-16-,24-22-,29-27-,30-28-,33-32-,36-35-,39-38-. The van der Waals surface area contributed by atoms with E-state index in [1.54, 1.807) is 0 Å². The van der Waals surface area contributed by atoms with Crippen LogP contribution in [0.5, 0.6) is 0 Å². The summed E-state index contributed by atoms with van der Waals surface area (Å²) >= 11 is 0. The second-order valence-corrected chi connectivity index (χ2v) is 22.7. The number of ether oxygens (including phenoxy) is 3. The number of rotatable bonds is 62. The Hall–Kier alpha value is -3.67. The van der Waals surface area contributed by atoms with Gasteiger partial charge >= 0.3 is 17.9 Å². The Morgan fingerprint density at radius 3 is 0.775 bits per heavy atom. The molecule has 6 heteroatoms. The molecular weight excluding hydrogens is 985 g/mol. The molecule has 460 valence electrons. The fourth-order valence-electron chi connectivity index (χ4n) is 9.71. The maximum absolute atomic E-state index is 12.9. The zero-order valence-electron chi connectivity index (χ0n) is 52.8. The second kappa shape index (κ2) is 67.8. The molecule has 0 aromatic rings. The third-order valence-electron chi connectivity index (χ3n) is 14.8. The van der Waals surface area contributed by atoms with Crippen molar-refractivity contribution in [2.45, 2.75) is 341 Å². The van der Waals surface area contributed by atoms with Gasteiger partial charge in [0.25, 0.3) is 0 Å². The number of carbonyl (C=O) groups is 3. The van der Waals surface area contributed by atoms with Gasteiger partial charge in [0.05, 0.1) is 0 Å². The van der Waals surface area contributed by atoms with E-state index in [2.05, 4.69) is 118 Å². The number of unbranched alkanes of at least 4 members (excludes halogenated alkanes) is 35. The van der Waals surface area contributed by atoms with E-state index in [0.717, 1.165) is 103 Å². The first-order valence-electron chi connectivity index (χ1n) is 34.2. The van der Waals surface area contributed by atoms with Gasteiger partial charge in [-0.05, 0) is 103 Å². The molecule has 0 bridgehead atoms. The molecule has 0 saturated carbocycles. The molecular formula is C74H128O6. The van der Waals surface area contributed by atoms with Gasteiger partial charge in [-0.2, -0.15) is 0 Å². The molecule has 0 aromatic carbocycles.